The number of carbonyl (C=O) groups excluding carboxylic acids is 1. The zero-order valence-corrected chi connectivity index (χ0v) is 12.3. The summed E-state index contributed by atoms with van der Waals surface area (Å²) in [6.45, 7) is 8.04. The van der Waals surface area contributed by atoms with Gasteiger partial charge in [-0.05, 0) is 24.3 Å². The van der Waals surface area contributed by atoms with Gasteiger partial charge in [-0.2, -0.15) is 0 Å². The van der Waals surface area contributed by atoms with E-state index in [0.29, 0.717) is 17.3 Å². The summed E-state index contributed by atoms with van der Waals surface area (Å²) >= 11 is 1.35. The standard InChI is InChI=1S/C14H16N4OS/c1-4-9-18-14(15-16-17-18)20-11(3)13(19)12-7-5-10(2)6-8-12/h4-8,11H,1,9H2,2-3H3. The maximum atomic E-state index is 12.3. The van der Waals surface area contributed by atoms with Crippen LogP contribution in [-0.4, -0.2) is 31.2 Å². The fourth-order valence-electron chi connectivity index (χ4n) is 1.68. The van der Waals surface area contributed by atoms with Crippen LogP contribution in [0.1, 0.15) is 22.8 Å². The Balaban J connectivity index is 2.09. The fraction of sp³-hybridized carbons (Fsp3) is 0.286. The molecule has 0 saturated carbocycles. The van der Waals surface area contributed by atoms with Crippen LogP contribution in [0.2, 0.25) is 0 Å². The van der Waals surface area contributed by atoms with Crippen LogP contribution in [0.15, 0.2) is 42.1 Å². The van der Waals surface area contributed by atoms with E-state index in [9.17, 15) is 4.79 Å². The van der Waals surface area contributed by atoms with Gasteiger partial charge in [0, 0.05) is 5.56 Å². The zero-order valence-electron chi connectivity index (χ0n) is 11.5. The van der Waals surface area contributed by atoms with Gasteiger partial charge in [0.1, 0.15) is 0 Å². The molecule has 0 aliphatic rings. The molecule has 2 rings (SSSR count). The lowest BCUT2D eigenvalue weighted by Gasteiger charge is -2.09. The smallest absolute Gasteiger partial charge is 0.210 e. The Kier molecular flexibility index (Phi) is 4.68. The molecule has 0 spiro atoms. The quantitative estimate of drug-likeness (QED) is 0.464. The number of Topliss-reactive ketones (excluding diaryl/α,β-unsaturated/α-hetero) is 1. The average Bonchev–Trinajstić information content (AvgIpc) is 2.86. The third-order valence-electron chi connectivity index (χ3n) is 2.79. The molecule has 0 N–H and O–H groups in total. The van der Waals surface area contributed by atoms with E-state index >= 15 is 0 Å². The Labute approximate surface area is 122 Å². The molecule has 0 radical (unpaired) electrons. The van der Waals surface area contributed by atoms with Gasteiger partial charge >= 0.3 is 0 Å². The molecule has 0 aliphatic heterocycles. The first-order valence-electron chi connectivity index (χ1n) is 6.26. The molecule has 0 saturated heterocycles. The maximum Gasteiger partial charge on any atom is 0.210 e. The van der Waals surface area contributed by atoms with Crippen molar-refractivity contribution in [2.45, 2.75) is 30.8 Å². The van der Waals surface area contributed by atoms with Crippen LogP contribution in [0.5, 0.6) is 0 Å². The summed E-state index contributed by atoms with van der Waals surface area (Å²) in [6.07, 6.45) is 1.72. The molecule has 2 aromatic rings. The fourth-order valence-corrected chi connectivity index (χ4v) is 2.56. The summed E-state index contributed by atoms with van der Waals surface area (Å²) in [5.41, 5.74) is 1.84. The van der Waals surface area contributed by atoms with Crippen molar-refractivity contribution < 1.29 is 4.79 Å². The Morgan fingerprint density at radius 1 is 1.45 bits per heavy atom. The number of hydrogen-bond acceptors (Lipinski definition) is 5. The van der Waals surface area contributed by atoms with E-state index in [0.717, 1.165) is 5.56 Å². The lowest BCUT2D eigenvalue weighted by atomic mass is 10.1. The van der Waals surface area contributed by atoms with Crippen LogP contribution in [0.25, 0.3) is 0 Å². The van der Waals surface area contributed by atoms with Gasteiger partial charge in [-0.3, -0.25) is 4.79 Å². The first-order valence-corrected chi connectivity index (χ1v) is 7.14. The molecule has 104 valence electrons. The van der Waals surface area contributed by atoms with E-state index in [4.69, 9.17) is 0 Å². The van der Waals surface area contributed by atoms with E-state index in [1.165, 1.54) is 11.8 Å². The second kappa shape index (κ2) is 6.47. The summed E-state index contributed by atoms with van der Waals surface area (Å²) in [7, 11) is 0. The van der Waals surface area contributed by atoms with E-state index in [2.05, 4.69) is 22.1 Å². The molecule has 5 nitrogen and oxygen atoms in total. The van der Waals surface area contributed by atoms with E-state index in [1.54, 1.807) is 10.8 Å². The van der Waals surface area contributed by atoms with Crippen molar-refractivity contribution in [3.63, 3.8) is 0 Å². The third-order valence-corrected chi connectivity index (χ3v) is 3.86. The number of allylic oxidation sites excluding steroid dienone is 1. The average molecular weight is 288 g/mol. The summed E-state index contributed by atoms with van der Waals surface area (Å²) in [5, 5.41) is 11.8. The molecular weight excluding hydrogens is 272 g/mol. The van der Waals surface area contributed by atoms with Crippen molar-refractivity contribution in [2.24, 2.45) is 0 Å². The molecule has 1 aromatic heterocycles. The van der Waals surface area contributed by atoms with Crippen molar-refractivity contribution >= 4 is 17.5 Å². The summed E-state index contributed by atoms with van der Waals surface area (Å²) in [5.74, 6) is 0.0724. The highest BCUT2D eigenvalue weighted by Crippen LogP contribution is 2.23. The second-order valence-electron chi connectivity index (χ2n) is 4.42. The Morgan fingerprint density at radius 2 is 2.15 bits per heavy atom. The Morgan fingerprint density at radius 3 is 2.80 bits per heavy atom. The number of aromatic nitrogens is 4. The molecule has 1 unspecified atom stereocenters. The van der Waals surface area contributed by atoms with Crippen LogP contribution < -0.4 is 0 Å². The minimum atomic E-state index is -0.243. The number of aryl methyl sites for hydroxylation is 1. The predicted molar refractivity (Wildman–Crippen MR) is 78.8 cm³/mol. The van der Waals surface area contributed by atoms with Gasteiger partial charge < -0.3 is 0 Å². The minimum absolute atomic E-state index is 0.0724. The van der Waals surface area contributed by atoms with Gasteiger partial charge in [0.2, 0.25) is 5.16 Å². The molecular formula is C14H16N4OS. The lowest BCUT2D eigenvalue weighted by molar-refractivity contribution is 0.0994. The van der Waals surface area contributed by atoms with Gasteiger partial charge in [0.05, 0.1) is 11.8 Å². The molecule has 1 atom stereocenters. The van der Waals surface area contributed by atoms with Crippen LogP contribution in [-0.2, 0) is 6.54 Å². The first kappa shape index (κ1) is 14.5. The number of ketones is 1. The number of benzene rings is 1. The van der Waals surface area contributed by atoms with E-state index in [-0.39, 0.29) is 11.0 Å². The molecule has 0 fully saturated rings. The number of thioether (sulfide) groups is 1. The molecule has 1 aromatic carbocycles. The van der Waals surface area contributed by atoms with Crippen molar-refractivity contribution in [1.29, 1.82) is 0 Å². The number of hydrogen-bond donors (Lipinski definition) is 0. The number of tetrazole rings is 1. The van der Waals surface area contributed by atoms with Crippen molar-refractivity contribution in [1.82, 2.24) is 20.2 Å². The van der Waals surface area contributed by atoms with E-state index < -0.39 is 0 Å². The van der Waals surface area contributed by atoms with Gasteiger partial charge in [-0.1, -0.05) is 47.7 Å². The minimum Gasteiger partial charge on any atom is -0.293 e. The molecule has 6 heteroatoms. The SMILES string of the molecule is C=CCn1nnnc1SC(C)C(=O)c1ccc(C)cc1. The molecule has 0 bridgehead atoms. The van der Waals surface area contributed by atoms with Gasteiger partial charge in [-0.15, -0.1) is 11.7 Å². The normalized spacial score (nSPS) is 12.1. The third kappa shape index (κ3) is 3.33. The highest BCUT2D eigenvalue weighted by molar-refractivity contribution is 8.00. The summed E-state index contributed by atoms with van der Waals surface area (Å²) in [6, 6.07) is 7.57. The zero-order chi connectivity index (χ0) is 14.5. The van der Waals surface area contributed by atoms with Crippen LogP contribution in [0, 0.1) is 6.92 Å². The predicted octanol–water partition coefficient (Wildman–Crippen LogP) is 2.53. The highest BCUT2D eigenvalue weighted by Gasteiger charge is 2.19. The van der Waals surface area contributed by atoms with Crippen molar-refractivity contribution in [2.75, 3.05) is 0 Å². The van der Waals surface area contributed by atoms with Crippen molar-refractivity contribution in [3.05, 3.63) is 48.0 Å². The number of carbonyl (C=O) groups is 1. The first-order chi connectivity index (χ1) is 9.61. The van der Waals surface area contributed by atoms with Gasteiger partial charge in [-0.25, -0.2) is 4.68 Å². The van der Waals surface area contributed by atoms with Crippen LogP contribution in [0.3, 0.4) is 0 Å². The molecule has 0 aliphatic carbocycles. The number of rotatable bonds is 6. The Hall–Kier alpha value is -1.95. The van der Waals surface area contributed by atoms with Crippen LogP contribution in [0.4, 0.5) is 0 Å². The second-order valence-corrected chi connectivity index (χ2v) is 5.73. The summed E-state index contributed by atoms with van der Waals surface area (Å²) in [4.78, 5) is 12.3. The molecule has 0 amide bonds. The maximum absolute atomic E-state index is 12.3. The van der Waals surface area contributed by atoms with E-state index in [1.807, 2.05) is 38.1 Å². The molecule has 1 heterocycles. The molecule has 20 heavy (non-hydrogen) atoms. The Bertz CT molecular complexity index is 606. The number of nitrogens with zero attached hydrogens (tertiary/aromatic N) is 4. The monoisotopic (exact) mass is 288 g/mol. The highest BCUT2D eigenvalue weighted by atomic mass is 32.2. The van der Waals surface area contributed by atoms with Crippen LogP contribution >= 0.6 is 11.8 Å². The van der Waals surface area contributed by atoms with Gasteiger partial charge in [0.15, 0.2) is 5.78 Å². The largest absolute Gasteiger partial charge is 0.293 e. The van der Waals surface area contributed by atoms with Crippen molar-refractivity contribution in [3.8, 4) is 0 Å². The lowest BCUT2D eigenvalue weighted by Crippen LogP contribution is -2.14. The topological polar surface area (TPSA) is 60.7 Å². The van der Waals surface area contributed by atoms with Gasteiger partial charge in [0.25, 0.3) is 0 Å². The summed E-state index contributed by atoms with van der Waals surface area (Å²) < 4.78 is 1.62.